The average molecular weight is 400 g/mol. The molecule has 0 bridgehead atoms. The maximum absolute atomic E-state index is 12.3. The van der Waals surface area contributed by atoms with Gasteiger partial charge in [0.25, 0.3) is 0 Å². The molecule has 1 aliphatic carbocycles. The van der Waals surface area contributed by atoms with E-state index in [4.69, 9.17) is 0 Å². The number of amides is 3. The van der Waals surface area contributed by atoms with Crippen LogP contribution in [0.3, 0.4) is 0 Å². The van der Waals surface area contributed by atoms with E-state index in [1.165, 1.54) is 12.8 Å². The summed E-state index contributed by atoms with van der Waals surface area (Å²) in [6.07, 6.45) is 6.02. The summed E-state index contributed by atoms with van der Waals surface area (Å²) in [6, 6.07) is 8.77. The maximum Gasteiger partial charge on any atom is 0.315 e. The van der Waals surface area contributed by atoms with Crippen molar-refractivity contribution >= 4 is 17.6 Å². The molecule has 1 saturated carbocycles. The van der Waals surface area contributed by atoms with Crippen molar-refractivity contribution in [3.63, 3.8) is 0 Å². The first-order valence-corrected chi connectivity index (χ1v) is 11.1. The molecule has 7 nitrogen and oxygen atoms in total. The largest absolute Gasteiger partial charge is 0.335 e. The van der Waals surface area contributed by atoms with E-state index < -0.39 is 0 Å². The number of carbonyl (C=O) groups excluding carboxylic acids is 2. The van der Waals surface area contributed by atoms with Gasteiger partial charge in [-0.2, -0.15) is 0 Å². The Morgan fingerprint density at radius 1 is 1.03 bits per heavy atom. The predicted molar refractivity (Wildman–Crippen MR) is 114 cm³/mol. The monoisotopic (exact) mass is 399 g/mol. The minimum atomic E-state index is -0.0885. The molecule has 0 spiro atoms. The molecule has 2 saturated heterocycles. The number of piperazine rings is 1. The Hall–Kier alpha value is -2.12. The molecule has 3 aliphatic rings. The highest BCUT2D eigenvalue weighted by Gasteiger charge is 2.27. The van der Waals surface area contributed by atoms with Crippen LogP contribution in [0.1, 0.15) is 44.1 Å². The summed E-state index contributed by atoms with van der Waals surface area (Å²) in [7, 11) is 0. The van der Waals surface area contributed by atoms with Gasteiger partial charge in [0.15, 0.2) is 0 Å². The molecule has 3 N–H and O–H groups in total. The SMILES string of the molecule is O=C(NCc1ccc(N2CCCC2=O)cc1)NC1CCC(N2CCNCC2)CC1. The Morgan fingerprint density at radius 2 is 1.76 bits per heavy atom. The number of hydrogen-bond donors (Lipinski definition) is 3. The number of urea groups is 1. The average Bonchev–Trinajstić information content (AvgIpc) is 3.20. The summed E-state index contributed by atoms with van der Waals surface area (Å²) in [5.41, 5.74) is 1.99. The lowest BCUT2D eigenvalue weighted by Gasteiger charge is -2.39. The fourth-order valence-electron chi connectivity index (χ4n) is 4.77. The lowest BCUT2D eigenvalue weighted by atomic mass is 9.90. The minimum Gasteiger partial charge on any atom is -0.335 e. The number of rotatable bonds is 5. The molecule has 4 rings (SSSR count). The topological polar surface area (TPSA) is 76.7 Å². The van der Waals surface area contributed by atoms with Crippen molar-refractivity contribution in [2.75, 3.05) is 37.6 Å². The van der Waals surface area contributed by atoms with Gasteiger partial charge < -0.3 is 20.9 Å². The summed E-state index contributed by atoms with van der Waals surface area (Å²) in [5, 5.41) is 9.52. The quantitative estimate of drug-likeness (QED) is 0.706. The first-order chi connectivity index (χ1) is 14.2. The summed E-state index contributed by atoms with van der Waals surface area (Å²) in [4.78, 5) is 28.6. The highest BCUT2D eigenvalue weighted by Crippen LogP contribution is 2.24. The highest BCUT2D eigenvalue weighted by atomic mass is 16.2. The highest BCUT2D eigenvalue weighted by molar-refractivity contribution is 5.95. The third-order valence-corrected chi connectivity index (χ3v) is 6.47. The predicted octanol–water partition coefficient (Wildman–Crippen LogP) is 1.83. The van der Waals surface area contributed by atoms with E-state index in [1.54, 1.807) is 0 Å². The zero-order chi connectivity index (χ0) is 20.1. The van der Waals surface area contributed by atoms with Gasteiger partial charge in [-0.3, -0.25) is 9.69 Å². The Balaban J connectivity index is 1.17. The van der Waals surface area contributed by atoms with Gasteiger partial charge in [0.05, 0.1) is 0 Å². The fraction of sp³-hybridized carbons (Fsp3) is 0.636. The van der Waals surface area contributed by atoms with E-state index >= 15 is 0 Å². The van der Waals surface area contributed by atoms with Crippen molar-refractivity contribution < 1.29 is 9.59 Å². The summed E-state index contributed by atoms with van der Waals surface area (Å²) in [5.74, 6) is 0.196. The lowest BCUT2D eigenvalue weighted by Crippen LogP contribution is -2.51. The van der Waals surface area contributed by atoms with Gasteiger partial charge in [0.1, 0.15) is 0 Å². The number of hydrogen-bond acceptors (Lipinski definition) is 4. The normalized spacial score (nSPS) is 25.8. The van der Waals surface area contributed by atoms with Gasteiger partial charge in [-0.1, -0.05) is 12.1 Å². The lowest BCUT2D eigenvalue weighted by molar-refractivity contribution is -0.117. The van der Waals surface area contributed by atoms with E-state index in [-0.39, 0.29) is 18.0 Å². The van der Waals surface area contributed by atoms with Crippen LogP contribution in [0, 0.1) is 0 Å². The van der Waals surface area contributed by atoms with Crippen molar-refractivity contribution in [3.8, 4) is 0 Å². The van der Waals surface area contributed by atoms with Gasteiger partial charge in [0, 0.05) is 63.5 Å². The Labute approximate surface area is 173 Å². The third-order valence-electron chi connectivity index (χ3n) is 6.47. The number of nitrogens with zero attached hydrogens (tertiary/aromatic N) is 2. The number of nitrogens with one attached hydrogen (secondary N) is 3. The van der Waals surface area contributed by atoms with Crippen molar-refractivity contribution in [2.45, 2.75) is 57.2 Å². The maximum atomic E-state index is 12.3. The van der Waals surface area contributed by atoms with Crippen LogP contribution in [0.15, 0.2) is 24.3 Å². The molecule has 0 atom stereocenters. The second-order valence-electron chi connectivity index (χ2n) is 8.43. The number of anilines is 1. The number of benzene rings is 1. The van der Waals surface area contributed by atoms with Crippen LogP contribution in [0.5, 0.6) is 0 Å². The Kier molecular flexibility index (Phi) is 6.67. The molecule has 0 unspecified atom stereocenters. The fourth-order valence-corrected chi connectivity index (χ4v) is 4.77. The smallest absolute Gasteiger partial charge is 0.315 e. The third kappa shape index (κ3) is 5.28. The molecule has 0 aromatic heterocycles. The molecule has 158 valence electrons. The van der Waals surface area contributed by atoms with Gasteiger partial charge in [-0.15, -0.1) is 0 Å². The van der Waals surface area contributed by atoms with Crippen molar-refractivity contribution in [3.05, 3.63) is 29.8 Å². The summed E-state index contributed by atoms with van der Waals surface area (Å²) >= 11 is 0. The zero-order valence-electron chi connectivity index (χ0n) is 17.2. The summed E-state index contributed by atoms with van der Waals surface area (Å²) < 4.78 is 0. The molecule has 0 radical (unpaired) electrons. The minimum absolute atomic E-state index is 0.0885. The molecule has 3 fully saturated rings. The molecular formula is C22H33N5O2. The second-order valence-corrected chi connectivity index (χ2v) is 8.43. The van der Waals surface area contributed by atoms with Crippen molar-refractivity contribution in [1.82, 2.24) is 20.9 Å². The van der Waals surface area contributed by atoms with E-state index in [1.807, 2.05) is 29.2 Å². The van der Waals surface area contributed by atoms with Crippen LogP contribution < -0.4 is 20.9 Å². The van der Waals surface area contributed by atoms with E-state index in [0.717, 1.165) is 63.2 Å². The van der Waals surface area contributed by atoms with E-state index in [9.17, 15) is 9.59 Å². The molecule has 2 heterocycles. The van der Waals surface area contributed by atoms with Crippen LogP contribution >= 0.6 is 0 Å². The van der Waals surface area contributed by atoms with Gasteiger partial charge >= 0.3 is 6.03 Å². The Morgan fingerprint density at radius 3 is 2.41 bits per heavy atom. The van der Waals surface area contributed by atoms with E-state index in [0.29, 0.717) is 19.0 Å². The van der Waals surface area contributed by atoms with Crippen LogP contribution in [-0.4, -0.2) is 61.6 Å². The van der Waals surface area contributed by atoms with Gasteiger partial charge in [0.2, 0.25) is 5.91 Å². The second kappa shape index (κ2) is 9.59. The molecule has 3 amide bonds. The van der Waals surface area contributed by atoms with Crippen molar-refractivity contribution in [1.29, 1.82) is 0 Å². The van der Waals surface area contributed by atoms with Gasteiger partial charge in [-0.05, 0) is 49.8 Å². The molecule has 2 aliphatic heterocycles. The Bertz CT molecular complexity index is 694. The standard InChI is InChI=1S/C22H33N5O2/c28-21-2-1-13-27(21)20-7-3-17(4-8-20)16-24-22(29)25-18-5-9-19(10-6-18)26-14-11-23-12-15-26/h3-4,7-8,18-19,23H,1-2,5-6,9-16H2,(H2,24,25,29). The van der Waals surface area contributed by atoms with Crippen LogP contribution in [0.4, 0.5) is 10.5 Å². The van der Waals surface area contributed by atoms with Crippen LogP contribution in [0.2, 0.25) is 0 Å². The molecule has 7 heteroatoms. The number of carbonyl (C=O) groups is 2. The molecule has 29 heavy (non-hydrogen) atoms. The first-order valence-electron chi connectivity index (χ1n) is 11.1. The zero-order valence-corrected chi connectivity index (χ0v) is 17.2. The first kappa shape index (κ1) is 20.2. The molecular weight excluding hydrogens is 366 g/mol. The summed E-state index contributed by atoms with van der Waals surface area (Å²) in [6.45, 7) is 5.78. The molecule has 1 aromatic rings. The van der Waals surface area contributed by atoms with Crippen LogP contribution in [-0.2, 0) is 11.3 Å². The van der Waals surface area contributed by atoms with Crippen LogP contribution in [0.25, 0.3) is 0 Å². The molecule has 1 aromatic carbocycles. The van der Waals surface area contributed by atoms with Crippen molar-refractivity contribution in [2.24, 2.45) is 0 Å². The van der Waals surface area contributed by atoms with E-state index in [2.05, 4.69) is 20.9 Å². The van der Waals surface area contributed by atoms with Gasteiger partial charge in [-0.25, -0.2) is 4.79 Å².